The molecular weight excluding hydrogens is 354 g/mol. The van der Waals surface area contributed by atoms with Gasteiger partial charge in [0, 0.05) is 11.1 Å². The molecule has 0 radical (unpaired) electrons. The molecule has 1 amide bonds. The second-order valence-corrected chi connectivity index (χ2v) is 6.24. The summed E-state index contributed by atoms with van der Waals surface area (Å²) in [5.41, 5.74) is 4.25. The Bertz CT molecular complexity index is 996. The van der Waals surface area contributed by atoms with Gasteiger partial charge >= 0.3 is 0 Å². The van der Waals surface area contributed by atoms with Crippen molar-refractivity contribution in [3.8, 4) is 11.5 Å². The fourth-order valence-corrected chi connectivity index (χ4v) is 2.85. The molecule has 0 fully saturated rings. The van der Waals surface area contributed by atoms with Gasteiger partial charge in [-0.25, -0.2) is 5.43 Å². The Morgan fingerprint density at radius 2 is 1.75 bits per heavy atom. The number of methoxy groups -OCH3 is 2. The second kappa shape index (κ2) is 8.90. The van der Waals surface area contributed by atoms with Crippen molar-refractivity contribution in [3.63, 3.8) is 0 Å². The van der Waals surface area contributed by atoms with Crippen molar-refractivity contribution in [2.75, 3.05) is 19.5 Å². The van der Waals surface area contributed by atoms with Crippen LogP contribution in [-0.2, 0) is 4.79 Å². The van der Waals surface area contributed by atoms with E-state index in [1.807, 2.05) is 48.5 Å². The van der Waals surface area contributed by atoms with Gasteiger partial charge in [-0.15, -0.1) is 0 Å². The van der Waals surface area contributed by atoms with E-state index in [1.54, 1.807) is 39.5 Å². The molecule has 0 aliphatic rings. The summed E-state index contributed by atoms with van der Waals surface area (Å²) in [6, 6.07) is 18.9. The highest BCUT2D eigenvalue weighted by atomic mass is 16.5. The molecule has 6 heteroatoms. The van der Waals surface area contributed by atoms with E-state index in [9.17, 15) is 4.79 Å². The molecule has 2 N–H and O–H groups in total. The van der Waals surface area contributed by atoms with Gasteiger partial charge in [-0.3, -0.25) is 4.79 Å². The number of hydrazone groups is 1. The first-order valence-corrected chi connectivity index (χ1v) is 8.91. The summed E-state index contributed by atoms with van der Waals surface area (Å²) in [4.78, 5) is 12.4. The van der Waals surface area contributed by atoms with Crippen LogP contribution >= 0.6 is 0 Å². The molecule has 0 heterocycles. The van der Waals surface area contributed by atoms with Crippen LogP contribution in [0, 0.1) is 0 Å². The maximum atomic E-state index is 12.4. The topological polar surface area (TPSA) is 72.0 Å². The number of hydrogen-bond acceptors (Lipinski definition) is 5. The number of nitrogens with one attached hydrogen (secondary N) is 2. The third-order valence-electron chi connectivity index (χ3n) is 4.35. The Labute approximate surface area is 164 Å². The highest BCUT2D eigenvalue weighted by Gasteiger charge is 2.13. The lowest BCUT2D eigenvalue weighted by atomic mass is 10.1. The lowest BCUT2D eigenvalue weighted by Gasteiger charge is -2.15. The molecule has 0 aromatic heterocycles. The number of fused-ring (bicyclic) bond motifs is 1. The van der Waals surface area contributed by atoms with Gasteiger partial charge in [-0.1, -0.05) is 36.4 Å². The minimum absolute atomic E-state index is 0.232. The Morgan fingerprint density at radius 1 is 1.00 bits per heavy atom. The van der Waals surface area contributed by atoms with Crippen LogP contribution in [0.1, 0.15) is 12.5 Å². The Morgan fingerprint density at radius 3 is 2.54 bits per heavy atom. The lowest BCUT2D eigenvalue weighted by molar-refractivity contribution is -0.121. The third-order valence-corrected chi connectivity index (χ3v) is 4.35. The molecule has 0 saturated heterocycles. The van der Waals surface area contributed by atoms with Crippen LogP contribution in [0.2, 0.25) is 0 Å². The van der Waals surface area contributed by atoms with Gasteiger partial charge in [0.15, 0.2) is 11.5 Å². The number of rotatable bonds is 7. The van der Waals surface area contributed by atoms with Crippen LogP contribution in [0.5, 0.6) is 11.5 Å². The number of benzene rings is 3. The van der Waals surface area contributed by atoms with Gasteiger partial charge in [0.05, 0.1) is 20.4 Å². The van der Waals surface area contributed by atoms with Gasteiger partial charge < -0.3 is 14.8 Å². The largest absolute Gasteiger partial charge is 0.493 e. The first-order valence-electron chi connectivity index (χ1n) is 8.91. The fourth-order valence-electron chi connectivity index (χ4n) is 2.85. The van der Waals surface area contributed by atoms with E-state index < -0.39 is 6.04 Å². The zero-order valence-electron chi connectivity index (χ0n) is 16.1. The molecule has 144 valence electrons. The van der Waals surface area contributed by atoms with Crippen molar-refractivity contribution in [1.29, 1.82) is 0 Å². The molecule has 3 aromatic rings. The molecule has 6 nitrogen and oxygen atoms in total. The summed E-state index contributed by atoms with van der Waals surface area (Å²) < 4.78 is 10.5. The molecular formula is C22H23N3O3. The summed E-state index contributed by atoms with van der Waals surface area (Å²) in [6.45, 7) is 1.79. The van der Waals surface area contributed by atoms with E-state index in [0.29, 0.717) is 11.5 Å². The highest BCUT2D eigenvalue weighted by molar-refractivity contribution is 5.96. The average molecular weight is 377 g/mol. The lowest BCUT2D eigenvalue weighted by Crippen LogP contribution is -2.34. The monoisotopic (exact) mass is 377 g/mol. The summed E-state index contributed by atoms with van der Waals surface area (Å²) in [5, 5.41) is 9.47. The molecule has 0 spiro atoms. The van der Waals surface area contributed by atoms with Crippen molar-refractivity contribution in [3.05, 3.63) is 66.2 Å². The quantitative estimate of drug-likeness (QED) is 0.485. The van der Waals surface area contributed by atoms with E-state index in [-0.39, 0.29) is 5.91 Å². The van der Waals surface area contributed by atoms with Gasteiger partial charge in [0.1, 0.15) is 6.04 Å². The van der Waals surface area contributed by atoms with E-state index in [4.69, 9.17) is 9.47 Å². The molecule has 28 heavy (non-hydrogen) atoms. The summed E-state index contributed by atoms with van der Waals surface area (Å²) >= 11 is 0. The van der Waals surface area contributed by atoms with Crippen LogP contribution < -0.4 is 20.2 Å². The van der Waals surface area contributed by atoms with Crippen LogP contribution in [0.4, 0.5) is 5.69 Å². The van der Waals surface area contributed by atoms with E-state index in [0.717, 1.165) is 22.0 Å². The number of hydrogen-bond donors (Lipinski definition) is 2. The molecule has 0 aliphatic heterocycles. The Balaban J connectivity index is 1.63. The normalized spacial score (nSPS) is 12.0. The molecule has 3 aromatic carbocycles. The average Bonchev–Trinajstić information content (AvgIpc) is 2.73. The maximum Gasteiger partial charge on any atom is 0.262 e. The predicted octanol–water partition coefficient (Wildman–Crippen LogP) is 3.81. The molecule has 0 aliphatic carbocycles. The number of nitrogens with zero attached hydrogens (tertiary/aromatic N) is 1. The highest BCUT2D eigenvalue weighted by Crippen LogP contribution is 2.27. The van der Waals surface area contributed by atoms with Crippen LogP contribution in [0.25, 0.3) is 10.8 Å². The molecule has 3 rings (SSSR count). The number of ether oxygens (including phenoxy) is 2. The third kappa shape index (κ3) is 4.40. The minimum Gasteiger partial charge on any atom is -0.493 e. The van der Waals surface area contributed by atoms with Crippen LogP contribution in [0.15, 0.2) is 65.8 Å². The standard InChI is InChI=1S/C22H23N3O3/c1-15(24-19-10-6-8-17-7-4-5-9-18(17)19)22(26)25-23-14-16-11-12-20(27-2)21(13-16)28-3/h4-15,24H,1-3H3,(H,25,26)/b23-14+. The van der Waals surface area contributed by atoms with E-state index in [1.165, 1.54) is 0 Å². The summed E-state index contributed by atoms with van der Waals surface area (Å²) in [6.07, 6.45) is 1.56. The van der Waals surface area contributed by atoms with Gasteiger partial charge in [-0.2, -0.15) is 5.10 Å². The number of amides is 1. The first-order chi connectivity index (χ1) is 13.6. The number of anilines is 1. The van der Waals surface area contributed by atoms with Crippen molar-refractivity contribution in [2.45, 2.75) is 13.0 Å². The SMILES string of the molecule is COc1ccc(/C=N/NC(=O)C(C)Nc2cccc3ccccc23)cc1OC. The van der Waals surface area contributed by atoms with Gasteiger partial charge in [-0.05, 0) is 42.1 Å². The van der Waals surface area contributed by atoms with Crippen LogP contribution in [0.3, 0.4) is 0 Å². The molecule has 0 bridgehead atoms. The van der Waals surface area contributed by atoms with Crippen molar-refractivity contribution >= 4 is 28.6 Å². The smallest absolute Gasteiger partial charge is 0.262 e. The predicted molar refractivity (Wildman–Crippen MR) is 112 cm³/mol. The zero-order chi connectivity index (χ0) is 19.9. The van der Waals surface area contributed by atoms with E-state index >= 15 is 0 Å². The van der Waals surface area contributed by atoms with Crippen molar-refractivity contribution in [2.24, 2.45) is 5.10 Å². The van der Waals surface area contributed by atoms with Crippen molar-refractivity contribution in [1.82, 2.24) is 5.43 Å². The minimum atomic E-state index is -0.451. The molecule has 1 unspecified atom stereocenters. The number of carbonyl (C=O) groups is 1. The molecule has 0 saturated carbocycles. The maximum absolute atomic E-state index is 12.4. The Kier molecular flexibility index (Phi) is 6.11. The Hall–Kier alpha value is -3.54. The van der Waals surface area contributed by atoms with Gasteiger partial charge in [0.2, 0.25) is 0 Å². The first kappa shape index (κ1) is 19.2. The second-order valence-electron chi connectivity index (χ2n) is 6.24. The number of carbonyl (C=O) groups excluding carboxylic acids is 1. The summed E-state index contributed by atoms with van der Waals surface area (Å²) in [7, 11) is 3.15. The summed E-state index contributed by atoms with van der Waals surface area (Å²) in [5.74, 6) is 1.00. The van der Waals surface area contributed by atoms with Crippen LogP contribution in [-0.4, -0.2) is 32.4 Å². The van der Waals surface area contributed by atoms with E-state index in [2.05, 4.69) is 15.8 Å². The zero-order valence-corrected chi connectivity index (χ0v) is 16.1. The molecule has 1 atom stereocenters. The van der Waals surface area contributed by atoms with Gasteiger partial charge in [0.25, 0.3) is 5.91 Å². The fraction of sp³-hybridized carbons (Fsp3) is 0.182. The van der Waals surface area contributed by atoms with Crippen molar-refractivity contribution < 1.29 is 14.3 Å².